The topological polar surface area (TPSA) is 15.3 Å². The Kier molecular flexibility index (Phi) is 5.68. The second-order valence-corrected chi connectivity index (χ2v) is 8.11. The smallest absolute Gasteiger partial charge is 0.0244 e. The molecule has 0 radical (unpaired) electrons. The van der Waals surface area contributed by atoms with E-state index in [2.05, 4.69) is 75.2 Å². The summed E-state index contributed by atoms with van der Waals surface area (Å²) in [5.41, 5.74) is 1.86. The first-order chi connectivity index (χ1) is 10.3. The summed E-state index contributed by atoms with van der Waals surface area (Å²) >= 11 is 0. The molecule has 1 fully saturated rings. The standard InChI is InChI=1S/C20H34N2/c1-6-7-13-21-18-14-19(2,3)22(20(4,5)15-18)16-17-11-9-8-10-12-17/h8-12,18,21H,6-7,13-16H2,1-5H3. The van der Waals surface area contributed by atoms with Gasteiger partial charge in [0, 0.05) is 23.7 Å². The van der Waals surface area contributed by atoms with Crippen molar-refractivity contribution in [3.8, 4) is 0 Å². The number of hydrogen-bond donors (Lipinski definition) is 1. The lowest BCUT2D eigenvalue weighted by Crippen LogP contribution is -2.63. The molecular weight excluding hydrogens is 268 g/mol. The predicted octanol–water partition coefficient (Wildman–Crippen LogP) is 4.60. The van der Waals surface area contributed by atoms with Crippen LogP contribution in [0.3, 0.4) is 0 Å². The van der Waals surface area contributed by atoms with Gasteiger partial charge >= 0.3 is 0 Å². The van der Waals surface area contributed by atoms with Crippen LogP contribution in [0.1, 0.15) is 65.9 Å². The number of benzene rings is 1. The quantitative estimate of drug-likeness (QED) is 0.773. The monoisotopic (exact) mass is 302 g/mol. The first kappa shape index (κ1) is 17.5. The number of likely N-dealkylation sites (tertiary alicyclic amines) is 1. The Morgan fingerprint density at radius 2 is 1.64 bits per heavy atom. The third-order valence-electron chi connectivity index (χ3n) is 5.10. The summed E-state index contributed by atoms with van der Waals surface area (Å²) in [5.74, 6) is 0. The Morgan fingerprint density at radius 3 is 2.18 bits per heavy atom. The second kappa shape index (κ2) is 7.14. The zero-order valence-corrected chi connectivity index (χ0v) is 15.2. The molecule has 1 aliphatic heterocycles. The van der Waals surface area contributed by atoms with Gasteiger partial charge in [0.05, 0.1) is 0 Å². The third kappa shape index (κ3) is 4.33. The van der Waals surface area contributed by atoms with Crippen LogP contribution in [0.2, 0.25) is 0 Å². The molecule has 2 rings (SSSR count). The van der Waals surface area contributed by atoms with Gasteiger partial charge in [0.2, 0.25) is 0 Å². The SMILES string of the molecule is CCCCNC1CC(C)(C)N(Cc2ccccc2)C(C)(C)C1. The van der Waals surface area contributed by atoms with E-state index in [0.29, 0.717) is 6.04 Å². The molecule has 1 saturated heterocycles. The maximum Gasteiger partial charge on any atom is 0.0244 e. The van der Waals surface area contributed by atoms with Gasteiger partial charge in [-0.2, -0.15) is 0 Å². The number of nitrogens with zero attached hydrogens (tertiary/aromatic N) is 1. The normalized spacial score (nSPS) is 21.9. The van der Waals surface area contributed by atoms with Crippen molar-refractivity contribution >= 4 is 0 Å². The third-order valence-corrected chi connectivity index (χ3v) is 5.10. The molecule has 0 aromatic heterocycles. The number of piperidine rings is 1. The molecular formula is C20H34N2. The molecule has 2 heteroatoms. The van der Waals surface area contributed by atoms with E-state index in [-0.39, 0.29) is 11.1 Å². The lowest BCUT2D eigenvalue weighted by Gasteiger charge is -2.55. The number of rotatable bonds is 6. The summed E-state index contributed by atoms with van der Waals surface area (Å²) < 4.78 is 0. The molecule has 0 atom stereocenters. The summed E-state index contributed by atoms with van der Waals surface area (Å²) in [7, 11) is 0. The molecule has 0 saturated carbocycles. The highest BCUT2D eigenvalue weighted by Crippen LogP contribution is 2.39. The van der Waals surface area contributed by atoms with Gasteiger partial charge in [0.15, 0.2) is 0 Å². The highest BCUT2D eigenvalue weighted by Gasteiger charge is 2.44. The van der Waals surface area contributed by atoms with E-state index < -0.39 is 0 Å². The average Bonchev–Trinajstić information content (AvgIpc) is 2.44. The van der Waals surface area contributed by atoms with Crippen LogP contribution >= 0.6 is 0 Å². The number of unbranched alkanes of at least 4 members (excludes halogenated alkanes) is 1. The van der Waals surface area contributed by atoms with Crippen LogP contribution in [0, 0.1) is 0 Å². The highest BCUT2D eigenvalue weighted by atomic mass is 15.3. The fourth-order valence-corrected chi connectivity index (χ4v) is 4.14. The minimum absolute atomic E-state index is 0.224. The van der Waals surface area contributed by atoms with Crippen molar-refractivity contribution in [2.24, 2.45) is 0 Å². The fraction of sp³-hybridized carbons (Fsp3) is 0.700. The molecule has 0 aliphatic carbocycles. The Bertz CT molecular complexity index is 432. The van der Waals surface area contributed by atoms with Crippen molar-refractivity contribution in [2.45, 2.75) is 84.0 Å². The van der Waals surface area contributed by atoms with Crippen molar-refractivity contribution in [1.82, 2.24) is 10.2 Å². The highest BCUT2D eigenvalue weighted by molar-refractivity contribution is 5.16. The van der Waals surface area contributed by atoms with Gasteiger partial charge in [-0.05, 0) is 59.1 Å². The molecule has 1 aliphatic rings. The molecule has 2 nitrogen and oxygen atoms in total. The minimum atomic E-state index is 0.224. The molecule has 0 bridgehead atoms. The largest absolute Gasteiger partial charge is 0.314 e. The van der Waals surface area contributed by atoms with E-state index >= 15 is 0 Å². The van der Waals surface area contributed by atoms with Crippen LogP contribution in [0.25, 0.3) is 0 Å². The van der Waals surface area contributed by atoms with Gasteiger partial charge in [-0.15, -0.1) is 0 Å². The first-order valence-electron chi connectivity index (χ1n) is 8.90. The van der Waals surface area contributed by atoms with Crippen LogP contribution in [0.4, 0.5) is 0 Å². The molecule has 1 heterocycles. The molecule has 1 aromatic rings. The van der Waals surface area contributed by atoms with E-state index in [1.165, 1.54) is 31.2 Å². The molecule has 0 amide bonds. The van der Waals surface area contributed by atoms with Gasteiger partial charge in [0.25, 0.3) is 0 Å². The van der Waals surface area contributed by atoms with Gasteiger partial charge in [-0.25, -0.2) is 0 Å². The van der Waals surface area contributed by atoms with Crippen molar-refractivity contribution in [1.29, 1.82) is 0 Å². The lowest BCUT2D eigenvalue weighted by molar-refractivity contribution is -0.0475. The van der Waals surface area contributed by atoms with E-state index in [1.807, 2.05) is 0 Å². The van der Waals surface area contributed by atoms with Crippen molar-refractivity contribution < 1.29 is 0 Å². The zero-order valence-electron chi connectivity index (χ0n) is 15.2. The van der Waals surface area contributed by atoms with Gasteiger partial charge < -0.3 is 5.32 Å². The lowest BCUT2D eigenvalue weighted by atomic mass is 9.76. The van der Waals surface area contributed by atoms with Gasteiger partial charge in [-0.3, -0.25) is 4.90 Å². The maximum atomic E-state index is 3.79. The summed E-state index contributed by atoms with van der Waals surface area (Å²) in [6, 6.07) is 11.5. The summed E-state index contributed by atoms with van der Waals surface area (Å²) in [5, 5.41) is 3.79. The van der Waals surface area contributed by atoms with Crippen molar-refractivity contribution in [2.75, 3.05) is 6.54 Å². The zero-order chi connectivity index (χ0) is 16.2. The fourth-order valence-electron chi connectivity index (χ4n) is 4.14. The Labute approximate surface area is 137 Å². The first-order valence-corrected chi connectivity index (χ1v) is 8.90. The molecule has 0 unspecified atom stereocenters. The molecule has 1 N–H and O–H groups in total. The Morgan fingerprint density at radius 1 is 1.05 bits per heavy atom. The maximum absolute atomic E-state index is 3.79. The molecule has 1 aromatic carbocycles. The van der Waals surface area contributed by atoms with Crippen LogP contribution in [0.5, 0.6) is 0 Å². The average molecular weight is 303 g/mol. The summed E-state index contributed by atoms with van der Waals surface area (Å²) in [6.07, 6.45) is 5.01. The van der Waals surface area contributed by atoms with E-state index in [1.54, 1.807) is 0 Å². The van der Waals surface area contributed by atoms with E-state index in [9.17, 15) is 0 Å². The van der Waals surface area contributed by atoms with E-state index in [4.69, 9.17) is 0 Å². The van der Waals surface area contributed by atoms with Crippen LogP contribution < -0.4 is 5.32 Å². The molecule has 0 spiro atoms. The van der Waals surface area contributed by atoms with Crippen LogP contribution in [-0.4, -0.2) is 28.6 Å². The van der Waals surface area contributed by atoms with Gasteiger partial charge in [-0.1, -0.05) is 43.7 Å². The summed E-state index contributed by atoms with van der Waals surface area (Å²) in [4.78, 5) is 2.70. The van der Waals surface area contributed by atoms with E-state index in [0.717, 1.165) is 13.1 Å². The minimum Gasteiger partial charge on any atom is -0.314 e. The van der Waals surface area contributed by atoms with Gasteiger partial charge in [0.1, 0.15) is 0 Å². The second-order valence-electron chi connectivity index (χ2n) is 8.11. The summed E-state index contributed by atoms with van der Waals surface area (Å²) in [6.45, 7) is 14.1. The van der Waals surface area contributed by atoms with Crippen LogP contribution in [0.15, 0.2) is 30.3 Å². The number of hydrogen-bond acceptors (Lipinski definition) is 2. The molecule has 22 heavy (non-hydrogen) atoms. The number of nitrogens with one attached hydrogen (secondary N) is 1. The Hall–Kier alpha value is -0.860. The molecule has 124 valence electrons. The Balaban J connectivity index is 2.07. The van der Waals surface area contributed by atoms with Crippen molar-refractivity contribution in [3.05, 3.63) is 35.9 Å². The van der Waals surface area contributed by atoms with Crippen molar-refractivity contribution in [3.63, 3.8) is 0 Å². The predicted molar refractivity (Wildman–Crippen MR) is 96.1 cm³/mol. The van der Waals surface area contributed by atoms with Crippen LogP contribution in [-0.2, 0) is 6.54 Å².